The second-order valence-corrected chi connectivity index (χ2v) is 7.18. The van der Waals surface area contributed by atoms with E-state index in [9.17, 15) is 19.2 Å². The summed E-state index contributed by atoms with van der Waals surface area (Å²) in [6.07, 6.45) is 3.61. The van der Waals surface area contributed by atoms with Crippen LogP contribution in [-0.2, 0) is 20.8 Å². The summed E-state index contributed by atoms with van der Waals surface area (Å²) in [6, 6.07) is 13.1. The fourth-order valence-corrected chi connectivity index (χ4v) is 3.26. The lowest BCUT2D eigenvalue weighted by molar-refractivity contribution is -0.133. The van der Waals surface area contributed by atoms with Crippen LogP contribution in [0.5, 0.6) is 0 Å². The van der Waals surface area contributed by atoms with Gasteiger partial charge in [-0.1, -0.05) is 36.4 Å². The fourth-order valence-electron chi connectivity index (χ4n) is 3.26. The van der Waals surface area contributed by atoms with Crippen LogP contribution >= 0.6 is 0 Å². The Bertz CT molecular complexity index is 1180. The van der Waals surface area contributed by atoms with Crippen LogP contribution in [0, 0.1) is 0 Å². The molecule has 1 atom stereocenters. The molecule has 0 bridgehead atoms. The molecule has 0 spiro atoms. The Morgan fingerprint density at radius 3 is 2.53 bits per heavy atom. The van der Waals surface area contributed by atoms with Gasteiger partial charge in [0.15, 0.2) is 0 Å². The van der Waals surface area contributed by atoms with Crippen LogP contribution in [-0.4, -0.2) is 41.1 Å². The molecular formula is C24H24N4O4. The molecule has 0 aliphatic rings. The van der Waals surface area contributed by atoms with Gasteiger partial charge in [-0.3, -0.25) is 19.2 Å². The number of carbonyl (C=O) groups excluding carboxylic acids is 4. The molecule has 3 rings (SSSR count). The number of fused-ring (bicyclic) bond motifs is 1. The standard InChI is InChI=1S/C24H24N4O4/c1-3-12-25-24(32)21(13-16-14-26-19-10-6-4-8-17(16)19)28-23(31)18-9-5-7-11-20(18)27-22(30)15(2)29/h3-11,14,21,26H,1,12-13H2,2H3,(H,25,32)(H,27,30)(H,28,31)/t21-/m0/s1. The third-order valence-electron chi connectivity index (χ3n) is 4.88. The first-order valence-electron chi connectivity index (χ1n) is 10.1. The smallest absolute Gasteiger partial charge is 0.291 e. The normalized spacial score (nSPS) is 11.4. The minimum atomic E-state index is -0.877. The molecule has 0 saturated heterocycles. The Hall–Kier alpha value is -4.20. The Morgan fingerprint density at radius 1 is 1.06 bits per heavy atom. The van der Waals surface area contributed by atoms with E-state index < -0.39 is 23.6 Å². The molecule has 1 aromatic heterocycles. The third-order valence-corrected chi connectivity index (χ3v) is 4.88. The molecular weight excluding hydrogens is 408 g/mol. The van der Waals surface area contributed by atoms with E-state index in [1.54, 1.807) is 18.2 Å². The van der Waals surface area contributed by atoms with Gasteiger partial charge in [-0.15, -0.1) is 6.58 Å². The van der Waals surface area contributed by atoms with Gasteiger partial charge in [-0.25, -0.2) is 0 Å². The Balaban J connectivity index is 1.86. The van der Waals surface area contributed by atoms with Crippen LogP contribution < -0.4 is 16.0 Å². The molecule has 0 saturated carbocycles. The summed E-state index contributed by atoms with van der Waals surface area (Å²) in [6.45, 7) is 4.99. The number of hydrogen-bond acceptors (Lipinski definition) is 4. The number of aromatic nitrogens is 1. The summed E-state index contributed by atoms with van der Waals surface area (Å²) < 4.78 is 0. The number of ketones is 1. The lowest BCUT2D eigenvalue weighted by Gasteiger charge is -2.19. The van der Waals surface area contributed by atoms with E-state index in [2.05, 4.69) is 27.5 Å². The lowest BCUT2D eigenvalue weighted by Crippen LogP contribution is -2.48. The van der Waals surface area contributed by atoms with Crippen molar-refractivity contribution in [1.82, 2.24) is 15.6 Å². The van der Waals surface area contributed by atoms with Crippen molar-refractivity contribution in [2.24, 2.45) is 0 Å². The average molecular weight is 432 g/mol. The second kappa shape index (κ2) is 10.2. The highest BCUT2D eigenvalue weighted by molar-refractivity contribution is 6.40. The molecule has 0 aliphatic carbocycles. The van der Waals surface area contributed by atoms with Crippen molar-refractivity contribution >= 4 is 40.1 Å². The number of para-hydroxylation sites is 2. The zero-order valence-electron chi connectivity index (χ0n) is 17.6. The maximum atomic E-state index is 13.0. The summed E-state index contributed by atoms with van der Waals surface area (Å²) in [4.78, 5) is 52.1. The van der Waals surface area contributed by atoms with Gasteiger partial charge in [0.25, 0.3) is 11.8 Å². The highest BCUT2D eigenvalue weighted by Crippen LogP contribution is 2.20. The molecule has 8 nitrogen and oxygen atoms in total. The predicted molar refractivity (Wildman–Crippen MR) is 122 cm³/mol. The number of carbonyl (C=O) groups is 4. The molecule has 0 unspecified atom stereocenters. The number of rotatable bonds is 9. The number of nitrogens with one attached hydrogen (secondary N) is 4. The second-order valence-electron chi connectivity index (χ2n) is 7.18. The first-order chi connectivity index (χ1) is 15.4. The quantitative estimate of drug-likeness (QED) is 0.306. The van der Waals surface area contributed by atoms with Crippen molar-refractivity contribution in [1.29, 1.82) is 0 Å². The highest BCUT2D eigenvalue weighted by Gasteiger charge is 2.24. The minimum absolute atomic E-state index is 0.141. The number of H-pyrrole nitrogens is 1. The molecule has 164 valence electrons. The van der Waals surface area contributed by atoms with Crippen molar-refractivity contribution in [3.05, 3.63) is 78.5 Å². The van der Waals surface area contributed by atoms with Crippen molar-refractivity contribution in [3.8, 4) is 0 Å². The van der Waals surface area contributed by atoms with Gasteiger partial charge < -0.3 is 20.9 Å². The van der Waals surface area contributed by atoms with Crippen LogP contribution in [0.1, 0.15) is 22.8 Å². The Morgan fingerprint density at radius 2 is 1.78 bits per heavy atom. The number of hydrogen-bond donors (Lipinski definition) is 4. The summed E-state index contributed by atoms with van der Waals surface area (Å²) in [5.41, 5.74) is 2.12. The topological polar surface area (TPSA) is 120 Å². The number of benzene rings is 2. The Kier molecular flexibility index (Phi) is 7.17. The van der Waals surface area contributed by atoms with E-state index in [-0.39, 0.29) is 30.1 Å². The molecule has 0 aliphatic heterocycles. The average Bonchev–Trinajstić information content (AvgIpc) is 3.20. The van der Waals surface area contributed by atoms with Crippen molar-refractivity contribution in [3.63, 3.8) is 0 Å². The van der Waals surface area contributed by atoms with E-state index in [0.29, 0.717) is 0 Å². The van der Waals surface area contributed by atoms with Gasteiger partial charge in [-0.2, -0.15) is 0 Å². The molecule has 0 fully saturated rings. The van der Waals surface area contributed by atoms with Crippen molar-refractivity contribution < 1.29 is 19.2 Å². The molecule has 3 aromatic rings. The van der Waals surface area contributed by atoms with Crippen LogP contribution in [0.15, 0.2) is 67.4 Å². The van der Waals surface area contributed by atoms with E-state index in [4.69, 9.17) is 0 Å². The number of amides is 3. The summed E-state index contributed by atoms with van der Waals surface area (Å²) in [5.74, 6) is -2.43. The summed E-state index contributed by atoms with van der Waals surface area (Å²) >= 11 is 0. The van der Waals surface area contributed by atoms with Crippen LogP contribution in [0.25, 0.3) is 10.9 Å². The number of Topliss-reactive ketones (excluding diaryl/α,β-unsaturated/α-hetero) is 1. The van der Waals surface area contributed by atoms with E-state index >= 15 is 0 Å². The third kappa shape index (κ3) is 5.28. The van der Waals surface area contributed by atoms with Gasteiger partial charge >= 0.3 is 0 Å². The SMILES string of the molecule is C=CCNC(=O)[C@H](Cc1c[nH]c2ccccc12)NC(=O)c1ccccc1NC(=O)C(C)=O. The van der Waals surface area contributed by atoms with Crippen LogP contribution in [0.2, 0.25) is 0 Å². The van der Waals surface area contributed by atoms with E-state index in [1.807, 2.05) is 30.5 Å². The van der Waals surface area contributed by atoms with Gasteiger partial charge in [0.2, 0.25) is 11.7 Å². The summed E-state index contributed by atoms with van der Waals surface area (Å²) in [5, 5.41) is 8.85. The van der Waals surface area contributed by atoms with Gasteiger partial charge in [0, 0.05) is 37.0 Å². The highest BCUT2D eigenvalue weighted by atomic mass is 16.2. The number of anilines is 1. The monoisotopic (exact) mass is 432 g/mol. The fraction of sp³-hybridized carbons (Fsp3) is 0.167. The van der Waals surface area contributed by atoms with Crippen molar-refractivity contribution in [2.45, 2.75) is 19.4 Å². The molecule has 0 radical (unpaired) electrons. The lowest BCUT2D eigenvalue weighted by atomic mass is 10.0. The van der Waals surface area contributed by atoms with Gasteiger partial charge in [0.1, 0.15) is 6.04 Å². The van der Waals surface area contributed by atoms with Gasteiger partial charge in [0.05, 0.1) is 11.3 Å². The first-order valence-corrected chi connectivity index (χ1v) is 10.1. The maximum Gasteiger partial charge on any atom is 0.291 e. The predicted octanol–water partition coefficient (Wildman–Crippen LogP) is 2.34. The van der Waals surface area contributed by atoms with E-state index in [1.165, 1.54) is 12.1 Å². The van der Waals surface area contributed by atoms with Crippen LogP contribution in [0.3, 0.4) is 0 Å². The molecule has 32 heavy (non-hydrogen) atoms. The molecule has 2 aromatic carbocycles. The molecule has 4 N–H and O–H groups in total. The zero-order valence-corrected chi connectivity index (χ0v) is 17.6. The first kappa shape index (κ1) is 22.5. The van der Waals surface area contributed by atoms with E-state index in [0.717, 1.165) is 23.4 Å². The molecule has 8 heteroatoms. The maximum absolute atomic E-state index is 13.0. The largest absolute Gasteiger partial charge is 0.361 e. The van der Waals surface area contributed by atoms with Crippen LogP contribution in [0.4, 0.5) is 5.69 Å². The Labute approximate surface area is 185 Å². The molecule has 3 amide bonds. The van der Waals surface area contributed by atoms with Gasteiger partial charge in [-0.05, 0) is 23.8 Å². The zero-order chi connectivity index (χ0) is 23.1. The minimum Gasteiger partial charge on any atom is -0.361 e. The summed E-state index contributed by atoms with van der Waals surface area (Å²) in [7, 11) is 0. The molecule has 1 heterocycles. The number of aromatic amines is 1. The van der Waals surface area contributed by atoms with Crippen molar-refractivity contribution in [2.75, 3.05) is 11.9 Å².